The van der Waals surface area contributed by atoms with Gasteiger partial charge in [-0.25, -0.2) is 9.97 Å². The predicted molar refractivity (Wildman–Crippen MR) is 70.5 cm³/mol. The summed E-state index contributed by atoms with van der Waals surface area (Å²) >= 11 is 1.56. The molecule has 1 fully saturated rings. The molecule has 17 heavy (non-hydrogen) atoms. The minimum Gasteiger partial charge on any atom is -0.384 e. The van der Waals surface area contributed by atoms with Crippen LogP contribution in [0.1, 0.15) is 19.3 Å². The number of nitrogens with zero attached hydrogens (tertiary/aromatic N) is 2. The van der Waals surface area contributed by atoms with Crippen LogP contribution >= 0.6 is 11.8 Å². The van der Waals surface area contributed by atoms with Gasteiger partial charge in [0.2, 0.25) is 0 Å². The van der Waals surface area contributed by atoms with Gasteiger partial charge in [0.1, 0.15) is 5.82 Å². The number of hydrogen-bond acceptors (Lipinski definition) is 5. The predicted octanol–water partition coefficient (Wildman–Crippen LogP) is 2.43. The van der Waals surface area contributed by atoms with E-state index in [9.17, 15) is 0 Å². The lowest BCUT2D eigenvalue weighted by Gasteiger charge is -2.41. The summed E-state index contributed by atoms with van der Waals surface area (Å²) in [7, 11) is 1.77. The first-order chi connectivity index (χ1) is 8.28. The average molecular weight is 253 g/mol. The maximum Gasteiger partial charge on any atom is 0.189 e. The van der Waals surface area contributed by atoms with Crippen LogP contribution in [0.2, 0.25) is 0 Å². The molecule has 1 aliphatic rings. The van der Waals surface area contributed by atoms with Gasteiger partial charge in [-0.3, -0.25) is 0 Å². The molecule has 94 valence electrons. The van der Waals surface area contributed by atoms with Crippen molar-refractivity contribution < 1.29 is 4.74 Å². The molecule has 0 bridgehead atoms. The first-order valence-electron chi connectivity index (χ1n) is 5.88. The number of aromatic nitrogens is 2. The molecule has 1 saturated carbocycles. The number of methoxy groups -OCH3 is 1. The molecule has 0 amide bonds. The Morgan fingerprint density at radius 1 is 1.53 bits per heavy atom. The molecule has 1 aromatic rings. The Bertz CT molecular complexity index is 369. The van der Waals surface area contributed by atoms with Crippen LogP contribution in [-0.4, -0.2) is 36.5 Å². The van der Waals surface area contributed by atoms with Crippen molar-refractivity contribution in [1.29, 1.82) is 0 Å². The lowest BCUT2D eigenvalue weighted by atomic mass is 9.69. The van der Waals surface area contributed by atoms with E-state index >= 15 is 0 Å². The van der Waals surface area contributed by atoms with Gasteiger partial charge in [-0.2, -0.15) is 0 Å². The zero-order valence-electron chi connectivity index (χ0n) is 10.4. The zero-order chi connectivity index (χ0) is 12.1. The van der Waals surface area contributed by atoms with E-state index in [0.29, 0.717) is 5.41 Å². The number of nitrogens with one attached hydrogen (secondary N) is 1. The van der Waals surface area contributed by atoms with E-state index in [-0.39, 0.29) is 0 Å². The Morgan fingerprint density at radius 3 is 2.94 bits per heavy atom. The van der Waals surface area contributed by atoms with E-state index in [4.69, 9.17) is 4.74 Å². The van der Waals surface area contributed by atoms with E-state index in [2.05, 4.69) is 15.3 Å². The topological polar surface area (TPSA) is 47.0 Å². The molecule has 0 aromatic carbocycles. The average Bonchev–Trinajstić information content (AvgIpc) is 2.33. The summed E-state index contributed by atoms with van der Waals surface area (Å²) in [6.07, 6.45) is 7.58. The summed E-state index contributed by atoms with van der Waals surface area (Å²) in [5, 5.41) is 4.21. The van der Waals surface area contributed by atoms with Crippen LogP contribution in [0.5, 0.6) is 0 Å². The number of anilines is 1. The van der Waals surface area contributed by atoms with Crippen molar-refractivity contribution >= 4 is 17.6 Å². The number of rotatable bonds is 6. The van der Waals surface area contributed by atoms with Gasteiger partial charge in [-0.05, 0) is 25.2 Å². The normalized spacial score (nSPS) is 17.5. The second kappa shape index (κ2) is 5.69. The minimum absolute atomic E-state index is 0.319. The SMILES string of the molecule is COCC1(CNc2ccnc(SC)n2)CCC1. The van der Waals surface area contributed by atoms with Gasteiger partial charge in [0.15, 0.2) is 5.16 Å². The number of thioether (sulfide) groups is 1. The van der Waals surface area contributed by atoms with Crippen LogP contribution in [0, 0.1) is 5.41 Å². The van der Waals surface area contributed by atoms with Crippen LogP contribution in [0.4, 0.5) is 5.82 Å². The van der Waals surface area contributed by atoms with E-state index in [0.717, 1.165) is 24.1 Å². The highest BCUT2D eigenvalue weighted by Gasteiger charge is 2.36. The summed E-state index contributed by atoms with van der Waals surface area (Å²) < 4.78 is 5.31. The molecule has 0 aliphatic heterocycles. The molecular weight excluding hydrogens is 234 g/mol. The molecular formula is C12H19N3OS. The fraction of sp³-hybridized carbons (Fsp3) is 0.667. The Hall–Kier alpha value is -0.810. The highest BCUT2D eigenvalue weighted by Crippen LogP contribution is 2.41. The van der Waals surface area contributed by atoms with Gasteiger partial charge < -0.3 is 10.1 Å². The summed E-state index contributed by atoms with van der Waals surface area (Å²) in [5.74, 6) is 0.909. The molecule has 1 N–H and O–H groups in total. The minimum atomic E-state index is 0.319. The van der Waals surface area contributed by atoms with Gasteiger partial charge in [0.25, 0.3) is 0 Å². The second-order valence-electron chi connectivity index (χ2n) is 4.57. The molecule has 0 radical (unpaired) electrons. The first-order valence-corrected chi connectivity index (χ1v) is 7.10. The standard InChI is InChI=1S/C12H19N3OS/c1-16-9-12(5-3-6-12)8-14-10-4-7-13-11(15-10)17-2/h4,7H,3,5-6,8-9H2,1-2H3,(H,13,14,15). The third-order valence-electron chi connectivity index (χ3n) is 3.33. The van der Waals surface area contributed by atoms with Crippen LogP contribution in [-0.2, 0) is 4.74 Å². The van der Waals surface area contributed by atoms with Crippen molar-refractivity contribution in [2.75, 3.05) is 31.8 Å². The maximum atomic E-state index is 5.31. The van der Waals surface area contributed by atoms with Crippen molar-refractivity contribution in [3.63, 3.8) is 0 Å². The van der Waals surface area contributed by atoms with E-state index < -0.39 is 0 Å². The third-order valence-corrected chi connectivity index (χ3v) is 3.89. The lowest BCUT2D eigenvalue weighted by molar-refractivity contribution is 0.0282. The fourth-order valence-corrected chi connectivity index (χ4v) is 2.53. The second-order valence-corrected chi connectivity index (χ2v) is 5.34. The van der Waals surface area contributed by atoms with Gasteiger partial charge in [-0.15, -0.1) is 0 Å². The van der Waals surface area contributed by atoms with Gasteiger partial charge in [0, 0.05) is 25.3 Å². The monoisotopic (exact) mass is 253 g/mol. The molecule has 0 saturated heterocycles. The van der Waals surface area contributed by atoms with Crippen LogP contribution in [0.25, 0.3) is 0 Å². The Kier molecular flexibility index (Phi) is 4.23. The zero-order valence-corrected chi connectivity index (χ0v) is 11.2. The van der Waals surface area contributed by atoms with Gasteiger partial charge >= 0.3 is 0 Å². The highest BCUT2D eigenvalue weighted by atomic mass is 32.2. The first kappa shape index (κ1) is 12.6. The molecule has 0 unspecified atom stereocenters. The lowest BCUT2D eigenvalue weighted by Crippen LogP contribution is -2.40. The van der Waals surface area contributed by atoms with Crippen molar-refractivity contribution in [3.05, 3.63) is 12.3 Å². The summed E-state index contributed by atoms with van der Waals surface area (Å²) in [6, 6.07) is 1.92. The van der Waals surface area contributed by atoms with Crippen molar-refractivity contribution in [1.82, 2.24) is 9.97 Å². The number of ether oxygens (including phenoxy) is 1. The Balaban J connectivity index is 1.92. The third kappa shape index (κ3) is 3.10. The molecule has 0 spiro atoms. The molecule has 2 rings (SSSR count). The highest BCUT2D eigenvalue weighted by molar-refractivity contribution is 7.98. The molecule has 1 aromatic heterocycles. The quantitative estimate of drug-likeness (QED) is 0.623. The fourth-order valence-electron chi connectivity index (χ4n) is 2.17. The molecule has 1 heterocycles. The van der Waals surface area contributed by atoms with Crippen LogP contribution < -0.4 is 5.32 Å². The summed E-state index contributed by atoms with van der Waals surface area (Å²) in [4.78, 5) is 8.57. The van der Waals surface area contributed by atoms with Crippen molar-refractivity contribution in [2.45, 2.75) is 24.4 Å². The maximum absolute atomic E-state index is 5.31. The van der Waals surface area contributed by atoms with E-state index in [1.54, 1.807) is 25.1 Å². The van der Waals surface area contributed by atoms with Gasteiger partial charge in [-0.1, -0.05) is 18.2 Å². The van der Waals surface area contributed by atoms with Crippen LogP contribution in [0.3, 0.4) is 0 Å². The van der Waals surface area contributed by atoms with Crippen LogP contribution in [0.15, 0.2) is 17.4 Å². The van der Waals surface area contributed by atoms with Gasteiger partial charge in [0.05, 0.1) is 6.61 Å². The number of hydrogen-bond donors (Lipinski definition) is 1. The Morgan fingerprint density at radius 2 is 2.35 bits per heavy atom. The van der Waals surface area contributed by atoms with E-state index in [1.165, 1.54) is 19.3 Å². The Labute approximate surface area is 107 Å². The summed E-state index contributed by atoms with van der Waals surface area (Å²) in [6.45, 7) is 1.77. The van der Waals surface area contributed by atoms with Crippen molar-refractivity contribution in [3.8, 4) is 0 Å². The molecule has 1 aliphatic carbocycles. The van der Waals surface area contributed by atoms with E-state index in [1.807, 2.05) is 12.3 Å². The molecule has 5 heteroatoms. The molecule has 0 atom stereocenters. The molecule has 4 nitrogen and oxygen atoms in total. The smallest absolute Gasteiger partial charge is 0.189 e. The van der Waals surface area contributed by atoms with Crippen molar-refractivity contribution in [2.24, 2.45) is 5.41 Å². The largest absolute Gasteiger partial charge is 0.384 e. The summed E-state index contributed by atoms with van der Waals surface area (Å²) in [5.41, 5.74) is 0.319.